The Morgan fingerprint density at radius 1 is 1.27 bits per heavy atom. The van der Waals surface area contributed by atoms with Gasteiger partial charge in [-0.2, -0.15) is 0 Å². The molecule has 0 unspecified atom stereocenters. The number of halogens is 3. The highest BCUT2D eigenvalue weighted by Gasteiger charge is 2.14. The lowest BCUT2D eigenvalue weighted by atomic mass is 10.2. The van der Waals surface area contributed by atoms with Gasteiger partial charge >= 0.3 is 0 Å². The zero-order chi connectivity index (χ0) is 16.1. The highest BCUT2D eigenvalue weighted by Crippen LogP contribution is 2.21. The number of hydrogen-bond donors (Lipinski definition) is 0. The maximum absolute atomic E-state index is 12.7. The third kappa shape index (κ3) is 4.45. The number of thioether (sulfide) groups is 1. The molecule has 0 aliphatic carbocycles. The summed E-state index contributed by atoms with van der Waals surface area (Å²) >= 11 is 19.7. The highest BCUT2D eigenvalue weighted by molar-refractivity contribution is 9.10. The van der Waals surface area contributed by atoms with E-state index < -0.39 is 0 Å². The number of nitrogens with zero attached hydrogens (tertiary/aromatic N) is 1. The molecule has 0 amide bonds. The van der Waals surface area contributed by atoms with Gasteiger partial charge in [0, 0.05) is 26.7 Å². The Morgan fingerprint density at radius 3 is 2.59 bits per heavy atom. The number of alkyl halides is 1. The summed E-state index contributed by atoms with van der Waals surface area (Å²) in [6, 6.07) is 8.97. The molecule has 0 radical (unpaired) electrons. The molecule has 2 aromatic rings. The Morgan fingerprint density at radius 2 is 1.95 bits per heavy atom. The van der Waals surface area contributed by atoms with Crippen molar-refractivity contribution in [3.05, 3.63) is 61.9 Å². The van der Waals surface area contributed by atoms with Gasteiger partial charge in [0.1, 0.15) is 0 Å². The van der Waals surface area contributed by atoms with Crippen LogP contribution < -0.4 is 5.56 Å². The van der Waals surface area contributed by atoms with Crippen molar-refractivity contribution >= 4 is 71.6 Å². The first kappa shape index (κ1) is 18.2. The topological polar surface area (TPSA) is 22.0 Å². The summed E-state index contributed by atoms with van der Waals surface area (Å²) in [6.45, 7) is 0. The first-order valence-electron chi connectivity index (χ1n) is 6.45. The lowest BCUT2D eigenvalue weighted by molar-refractivity contribution is 0.983. The van der Waals surface area contributed by atoms with E-state index in [9.17, 15) is 4.79 Å². The summed E-state index contributed by atoms with van der Waals surface area (Å²) < 4.78 is 2.91. The van der Waals surface area contributed by atoms with E-state index in [4.69, 9.17) is 23.8 Å². The maximum Gasteiger partial charge on any atom is 0.265 e. The quantitative estimate of drug-likeness (QED) is 0.322. The minimum absolute atomic E-state index is 0.131. The molecule has 0 aliphatic rings. The molecule has 0 spiro atoms. The van der Waals surface area contributed by atoms with Gasteiger partial charge < -0.3 is 0 Å². The molecule has 0 fully saturated rings. The fourth-order valence-electron chi connectivity index (χ4n) is 1.80. The number of thiocarbonyl (C=S) groups is 1. The molecule has 0 atom stereocenters. The third-order valence-corrected chi connectivity index (χ3v) is 5.85. The van der Waals surface area contributed by atoms with E-state index in [0.717, 1.165) is 27.7 Å². The van der Waals surface area contributed by atoms with Crippen molar-refractivity contribution in [1.82, 2.24) is 4.57 Å². The van der Waals surface area contributed by atoms with Crippen LogP contribution in [0.25, 0.3) is 5.69 Å². The van der Waals surface area contributed by atoms with Crippen LogP contribution in [0.15, 0.2) is 45.8 Å². The molecule has 0 aliphatic heterocycles. The molecule has 1 aromatic heterocycles. The van der Waals surface area contributed by atoms with Gasteiger partial charge in [0.15, 0.2) is 0 Å². The van der Waals surface area contributed by atoms with Crippen molar-refractivity contribution in [2.24, 2.45) is 0 Å². The van der Waals surface area contributed by atoms with Gasteiger partial charge in [-0.15, -0.1) is 11.8 Å². The molecule has 1 heterocycles. The summed E-state index contributed by atoms with van der Waals surface area (Å²) in [6.07, 6.45) is 2.73. The minimum atomic E-state index is -0.131. The molecule has 1 aromatic carbocycles. The lowest BCUT2D eigenvalue weighted by Crippen LogP contribution is -2.24. The van der Waals surface area contributed by atoms with Gasteiger partial charge in [0.2, 0.25) is 0 Å². The van der Waals surface area contributed by atoms with Crippen LogP contribution in [0.3, 0.4) is 0 Å². The molecule has 0 N–H and O–H groups in total. The predicted molar refractivity (Wildman–Crippen MR) is 107 cm³/mol. The number of hydrogen-bond acceptors (Lipinski definition) is 3. The van der Waals surface area contributed by atoms with E-state index in [0.29, 0.717) is 14.8 Å². The van der Waals surface area contributed by atoms with Crippen LogP contribution in [0.5, 0.6) is 0 Å². The van der Waals surface area contributed by atoms with E-state index in [1.165, 1.54) is 11.8 Å². The van der Waals surface area contributed by atoms with Crippen LogP contribution in [0.2, 0.25) is 5.02 Å². The summed E-state index contributed by atoms with van der Waals surface area (Å²) in [4.78, 5) is 12.7. The Hall–Kier alpha value is -0.140. The van der Waals surface area contributed by atoms with E-state index in [2.05, 4.69) is 31.9 Å². The molecular formula is C15H12Br2ClNOS2. The van der Waals surface area contributed by atoms with Crippen LogP contribution in [0.1, 0.15) is 12.0 Å². The van der Waals surface area contributed by atoms with E-state index in [-0.39, 0.29) is 5.56 Å². The molecule has 22 heavy (non-hydrogen) atoms. The first-order valence-corrected chi connectivity index (χ1v) is 10.1. The molecule has 0 bridgehead atoms. The van der Waals surface area contributed by atoms with E-state index >= 15 is 0 Å². The predicted octanol–water partition coefficient (Wildman–Crippen LogP) is 5.45. The zero-order valence-electron chi connectivity index (χ0n) is 11.4. The second kappa shape index (κ2) is 8.64. The van der Waals surface area contributed by atoms with Crippen LogP contribution in [-0.2, 0) is 0 Å². The summed E-state index contributed by atoms with van der Waals surface area (Å²) in [7, 11) is 0. The average Bonchev–Trinajstić information content (AvgIpc) is 2.49. The van der Waals surface area contributed by atoms with Gasteiger partial charge in [-0.05, 0) is 58.4 Å². The van der Waals surface area contributed by atoms with Crippen molar-refractivity contribution in [3.8, 4) is 5.69 Å². The fourth-order valence-corrected chi connectivity index (χ4v) is 4.58. The smallest absolute Gasteiger partial charge is 0.265 e. The van der Waals surface area contributed by atoms with Crippen molar-refractivity contribution in [3.63, 3.8) is 0 Å². The monoisotopic (exact) mass is 479 g/mol. The Balaban J connectivity index is 2.39. The molecule has 116 valence electrons. The molecule has 0 saturated heterocycles. The van der Waals surface area contributed by atoms with Crippen molar-refractivity contribution < 1.29 is 0 Å². The van der Waals surface area contributed by atoms with Crippen molar-refractivity contribution in [2.75, 3.05) is 11.1 Å². The van der Waals surface area contributed by atoms with Crippen molar-refractivity contribution in [2.45, 2.75) is 6.42 Å². The fraction of sp³-hybridized carbons (Fsp3) is 0.200. The summed E-state index contributed by atoms with van der Waals surface area (Å²) in [5, 5.41) is 1.56. The molecule has 2 nitrogen and oxygen atoms in total. The minimum Gasteiger partial charge on any atom is -0.284 e. The van der Waals surface area contributed by atoms with Gasteiger partial charge in [-0.3, -0.25) is 9.36 Å². The standard InChI is InChI=1S/C15H12Br2ClNOS2/c16-7-1-9-22-15(21)13-12(17)6-8-19(14(13)20)11-4-2-10(18)3-5-11/h2-6,8H,1,7,9H2. The normalized spacial score (nSPS) is 10.7. The number of benzene rings is 1. The van der Waals surface area contributed by atoms with Gasteiger partial charge in [-0.25, -0.2) is 0 Å². The molecule has 0 saturated carbocycles. The van der Waals surface area contributed by atoms with E-state index in [1.807, 2.05) is 18.2 Å². The van der Waals surface area contributed by atoms with E-state index in [1.54, 1.807) is 22.9 Å². The summed E-state index contributed by atoms with van der Waals surface area (Å²) in [5.41, 5.74) is 1.16. The maximum atomic E-state index is 12.7. The van der Waals surface area contributed by atoms with Crippen LogP contribution >= 0.6 is 67.4 Å². The second-order valence-corrected chi connectivity index (χ2v) is 8.22. The Kier molecular flexibility index (Phi) is 7.15. The zero-order valence-corrected chi connectivity index (χ0v) is 17.0. The molecule has 7 heteroatoms. The number of rotatable bonds is 5. The first-order chi connectivity index (χ1) is 10.5. The summed E-state index contributed by atoms with van der Waals surface area (Å²) in [5.74, 6) is 0.881. The molecular weight excluding hydrogens is 470 g/mol. The van der Waals surface area contributed by atoms with Gasteiger partial charge in [0.05, 0.1) is 9.76 Å². The van der Waals surface area contributed by atoms with Crippen LogP contribution in [-0.4, -0.2) is 19.8 Å². The average molecular weight is 482 g/mol. The SMILES string of the molecule is O=c1c(C(=S)SCCCBr)c(Br)ccn1-c1ccc(Cl)cc1. The van der Waals surface area contributed by atoms with Gasteiger partial charge in [0.25, 0.3) is 5.56 Å². The lowest BCUT2D eigenvalue weighted by Gasteiger charge is -2.11. The second-order valence-electron chi connectivity index (χ2n) is 4.37. The number of pyridine rings is 1. The Labute approximate surface area is 160 Å². The van der Waals surface area contributed by atoms with Crippen LogP contribution in [0, 0.1) is 0 Å². The third-order valence-electron chi connectivity index (χ3n) is 2.86. The van der Waals surface area contributed by atoms with Gasteiger partial charge in [-0.1, -0.05) is 39.7 Å². The largest absolute Gasteiger partial charge is 0.284 e. The highest BCUT2D eigenvalue weighted by atomic mass is 79.9. The molecule has 2 rings (SSSR count). The van der Waals surface area contributed by atoms with Crippen molar-refractivity contribution in [1.29, 1.82) is 0 Å². The van der Waals surface area contributed by atoms with Crippen LogP contribution in [0.4, 0.5) is 0 Å². The number of aromatic nitrogens is 1. The Bertz CT molecular complexity index is 731.